The second kappa shape index (κ2) is 7.21. The summed E-state index contributed by atoms with van der Waals surface area (Å²) in [7, 11) is -1.58. The molecule has 1 aromatic rings. The Hall–Kier alpha value is -1.44. The van der Waals surface area contributed by atoms with Gasteiger partial charge in [-0.25, -0.2) is 12.7 Å². The van der Waals surface area contributed by atoms with E-state index in [1.807, 2.05) is 18.2 Å². The molecule has 0 saturated carbocycles. The van der Waals surface area contributed by atoms with Gasteiger partial charge in [0.1, 0.15) is 0 Å². The second-order valence-electron chi connectivity index (χ2n) is 5.44. The van der Waals surface area contributed by atoms with E-state index >= 15 is 0 Å². The lowest BCUT2D eigenvalue weighted by molar-refractivity contribution is 0.0764. The van der Waals surface area contributed by atoms with E-state index < -0.39 is 10.0 Å². The Balaban J connectivity index is 2.08. The second-order valence-corrected chi connectivity index (χ2v) is 7.42. The van der Waals surface area contributed by atoms with Crippen molar-refractivity contribution in [2.45, 2.75) is 13.0 Å². The topological polar surface area (TPSA) is 66.9 Å². The third-order valence-electron chi connectivity index (χ3n) is 3.70. The molecule has 122 valence electrons. The van der Waals surface area contributed by atoms with Gasteiger partial charge in [-0.2, -0.15) is 0 Å². The number of hydrogen-bond acceptors (Lipinski definition) is 4. The van der Waals surface area contributed by atoms with E-state index in [9.17, 15) is 13.2 Å². The number of sulfonamides is 1. The maximum absolute atomic E-state index is 12.6. The molecule has 0 radical (unpaired) electrons. The monoisotopic (exact) mass is 326 g/mol. The first kappa shape index (κ1) is 16.9. The lowest BCUT2D eigenvalue weighted by atomic mass is 10.1. The largest absolute Gasteiger partial charge is 0.380 e. The number of carbonyl (C=O) groups excluding carboxylic acids is 1. The minimum absolute atomic E-state index is 0.0618. The Morgan fingerprint density at radius 1 is 1.23 bits per heavy atom. The van der Waals surface area contributed by atoms with Crippen molar-refractivity contribution in [2.24, 2.45) is 0 Å². The molecule has 2 rings (SSSR count). The number of ether oxygens (including phenoxy) is 1. The van der Waals surface area contributed by atoms with Crippen LogP contribution in [0.4, 0.5) is 0 Å². The zero-order valence-electron chi connectivity index (χ0n) is 13.0. The van der Waals surface area contributed by atoms with Crippen LogP contribution in [-0.4, -0.2) is 63.1 Å². The highest BCUT2D eigenvalue weighted by atomic mass is 32.2. The molecule has 22 heavy (non-hydrogen) atoms. The molecule has 1 fully saturated rings. The van der Waals surface area contributed by atoms with E-state index in [0.717, 1.165) is 5.56 Å². The van der Waals surface area contributed by atoms with E-state index in [2.05, 4.69) is 0 Å². The van der Waals surface area contributed by atoms with Gasteiger partial charge in [0.05, 0.1) is 12.9 Å². The summed E-state index contributed by atoms with van der Waals surface area (Å²) in [4.78, 5) is 14.3. The van der Waals surface area contributed by atoms with Crippen molar-refractivity contribution in [1.82, 2.24) is 9.21 Å². The van der Waals surface area contributed by atoms with Crippen molar-refractivity contribution < 1.29 is 17.9 Å². The minimum atomic E-state index is -3.20. The standard InChI is InChI=1S/C15H22N2O4S/c1-21-12-13-5-3-6-14(11-13)15(18)16-7-4-8-17(10-9-16)22(2,19)20/h3,5-6,11H,4,7-10,12H2,1-2H3. The summed E-state index contributed by atoms with van der Waals surface area (Å²) < 4.78 is 29.7. The molecule has 0 N–H and O–H groups in total. The van der Waals surface area contributed by atoms with Crippen molar-refractivity contribution in [3.05, 3.63) is 35.4 Å². The van der Waals surface area contributed by atoms with Crippen LogP contribution >= 0.6 is 0 Å². The maximum atomic E-state index is 12.6. The van der Waals surface area contributed by atoms with Gasteiger partial charge in [0.25, 0.3) is 5.91 Å². The maximum Gasteiger partial charge on any atom is 0.253 e. The highest BCUT2D eigenvalue weighted by Gasteiger charge is 2.24. The normalized spacial score (nSPS) is 17.3. The number of rotatable bonds is 4. The van der Waals surface area contributed by atoms with Gasteiger partial charge >= 0.3 is 0 Å². The molecule has 1 aliphatic rings. The molecule has 1 heterocycles. The molecule has 0 bridgehead atoms. The summed E-state index contributed by atoms with van der Waals surface area (Å²) in [6.45, 7) is 2.26. The molecule has 0 aromatic heterocycles. The van der Waals surface area contributed by atoms with E-state index in [0.29, 0.717) is 44.8 Å². The Labute approximate surface area is 131 Å². The van der Waals surface area contributed by atoms with E-state index in [1.54, 1.807) is 18.1 Å². The fourth-order valence-corrected chi connectivity index (χ4v) is 3.45. The summed E-state index contributed by atoms with van der Waals surface area (Å²) in [5, 5.41) is 0. The molecule has 6 nitrogen and oxygen atoms in total. The molecule has 1 amide bonds. The van der Waals surface area contributed by atoms with Crippen molar-refractivity contribution in [1.29, 1.82) is 0 Å². The molecule has 0 atom stereocenters. The molecule has 0 unspecified atom stereocenters. The van der Waals surface area contributed by atoms with Gasteiger partial charge < -0.3 is 9.64 Å². The van der Waals surface area contributed by atoms with Gasteiger partial charge in [-0.05, 0) is 24.1 Å². The van der Waals surface area contributed by atoms with Gasteiger partial charge in [-0.1, -0.05) is 12.1 Å². The first-order chi connectivity index (χ1) is 10.4. The fourth-order valence-electron chi connectivity index (χ4n) is 2.57. The Morgan fingerprint density at radius 3 is 2.68 bits per heavy atom. The third-order valence-corrected chi connectivity index (χ3v) is 5.00. The van der Waals surface area contributed by atoms with Gasteiger partial charge in [0.15, 0.2) is 0 Å². The first-order valence-electron chi connectivity index (χ1n) is 7.24. The van der Waals surface area contributed by atoms with Crippen LogP contribution in [0.5, 0.6) is 0 Å². The van der Waals surface area contributed by atoms with Gasteiger partial charge in [0.2, 0.25) is 10.0 Å². The smallest absolute Gasteiger partial charge is 0.253 e. The Morgan fingerprint density at radius 2 is 2.00 bits per heavy atom. The minimum Gasteiger partial charge on any atom is -0.380 e. The first-order valence-corrected chi connectivity index (χ1v) is 9.09. The van der Waals surface area contributed by atoms with Crippen molar-refractivity contribution in [3.8, 4) is 0 Å². The van der Waals surface area contributed by atoms with Gasteiger partial charge in [0, 0.05) is 38.9 Å². The van der Waals surface area contributed by atoms with Crippen LogP contribution in [0.25, 0.3) is 0 Å². The molecule has 7 heteroatoms. The molecule has 1 saturated heterocycles. The van der Waals surface area contributed by atoms with Crippen LogP contribution in [-0.2, 0) is 21.4 Å². The summed E-state index contributed by atoms with van der Waals surface area (Å²) in [6.07, 6.45) is 1.86. The number of hydrogen-bond donors (Lipinski definition) is 0. The highest BCUT2D eigenvalue weighted by molar-refractivity contribution is 7.88. The van der Waals surface area contributed by atoms with Crippen LogP contribution in [0.3, 0.4) is 0 Å². The van der Waals surface area contributed by atoms with E-state index in [1.165, 1.54) is 10.6 Å². The Kier molecular flexibility index (Phi) is 5.55. The van der Waals surface area contributed by atoms with Crippen LogP contribution in [0.15, 0.2) is 24.3 Å². The van der Waals surface area contributed by atoms with Gasteiger partial charge in [-0.3, -0.25) is 4.79 Å². The Bertz CT molecular complexity index is 630. The van der Waals surface area contributed by atoms with Gasteiger partial charge in [-0.15, -0.1) is 0 Å². The van der Waals surface area contributed by atoms with Crippen molar-refractivity contribution >= 4 is 15.9 Å². The van der Waals surface area contributed by atoms with E-state index in [-0.39, 0.29) is 5.91 Å². The quantitative estimate of drug-likeness (QED) is 0.826. The average molecular weight is 326 g/mol. The SMILES string of the molecule is COCc1cccc(C(=O)N2CCCN(S(C)(=O)=O)CC2)c1. The zero-order chi connectivity index (χ0) is 16.2. The number of methoxy groups -OCH3 is 1. The lowest BCUT2D eigenvalue weighted by Gasteiger charge is -2.21. The molecule has 0 spiro atoms. The molecule has 0 aliphatic carbocycles. The summed E-state index contributed by atoms with van der Waals surface area (Å²) >= 11 is 0. The number of carbonyl (C=O) groups is 1. The molecule has 1 aliphatic heterocycles. The molecule has 1 aromatic carbocycles. The van der Waals surface area contributed by atoms with Crippen LogP contribution in [0.2, 0.25) is 0 Å². The zero-order valence-corrected chi connectivity index (χ0v) is 13.8. The average Bonchev–Trinajstić information content (AvgIpc) is 2.73. The molecular weight excluding hydrogens is 304 g/mol. The van der Waals surface area contributed by atoms with E-state index in [4.69, 9.17) is 4.74 Å². The van der Waals surface area contributed by atoms with Crippen molar-refractivity contribution in [3.63, 3.8) is 0 Å². The van der Waals surface area contributed by atoms with Crippen LogP contribution in [0, 0.1) is 0 Å². The highest BCUT2D eigenvalue weighted by Crippen LogP contribution is 2.13. The summed E-state index contributed by atoms with van der Waals surface area (Å²) in [5.41, 5.74) is 1.56. The summed E-state index contributed by atoms with van der Waals surface area (Å²) in [5.74, 6) is -0.0618. The number of amides is 1. The summed E-state index contributed by atoms with van der Waals surface area (Å²) in [6, 6.07) is 7.35. The van der Waals surface area contributed by atoms with Crippen LogP contribution < -0.4 is 0 Å². The predicted molar refractivity (Wildman–Crippen MR) is 84.1 cm³/mol. The third kappa shape index (κ3) is 4.28. The number of benzene rings is 1. The lowest BCUT2D eigenvalue weighted by Crippen LogP contribution is -2.37. The molecular formula is C15H22N2O4S. The number of nitrogens with zero attached hydrogens (tertiary/aromatic N) is 2. The predicted octanol–water partition coefficient (Wildman–Crippen LogP) is 0.940. The fraction of sp³-hybridized carbons (Fsp3) is 0.533. The van der Waals surface area contributed by atoms with Crippen LogP contribution in [0.1, 0.15) is 22.3 Å². The van der Waals surface area contributed by atoms with Crippen molar-refractivity contribution in [2.75, 3.05) is 39.5 Å².